The van der Waals surface area contributed by atoms with Crippen molar-refractivity contribution in [3.63, 3.8) is 0 Å². The van der Waals surface area contributed by atoms with E-state index in [2.05, 4.69) is 29.5 Å². The third-order valence-electron chi connectivity index (χ3n) is 3.83. The summed E-state index contributed by atoms with van der Waals surface area (Å²) in [7, 11) is 0. The largest absolute Gasteiger partial charge is 0.326 e. The number of carbonyl (C=O) groups excluding carboxylic acids is 1. The minimum Gasteiger partial charge on any atom is -0.326 e. The lowest BCUT2D eigenvalue weighted by atomic mass is 9.99. The molecule has 6 heteroatoms. The average molecular weight is 340 g/mol. The van der Waals surface area contributed by atoms with Crippen molar-refractivity contribution >= 4 is 45.6 Å². The highest BCUT2D eigenvalue weighted by Gasteiger charge is 2.21. The average Bonchev–Trinajstić information content (AvgIpc) is 2.91. The quantitative estimate of drug-likeness (QED) is 0.894. The van der Waals surface area contributed by atoms with Crippen LogP contribution in [-0.4, -0.2) is 24.0 Å². The van der Waals surface area contributed by atoms with Gasteiger partial charge < -0.3 is 10.6 Å². The molecule has 3 rings (SSSR count). The van der Waals surface area contributed by atoms with Crippen LogP contribution in [0.2, 0.25) is 0 Å². The molecule has 120 valence electrons. The molecule has 4 nitrogen and oxygen atoms in total. The first-order valence-electron chi connectivity index (χ1n) is 7.55. The highest BCUT2D eigenvalue weighted by Crippen LogP contribution is 2.29. The number of hydrogen-bond acceptors (Lipinski definition) is 4. The molecule has 1 aliphatic heterocycles. The summed E-state index contributed by atoms with van der Waals surface area (Å²) in [5.74, 6) is 0.644. The fraction of sp³-hybridized carbons (Fsp3) is 0.500. The van der Waals surface area contributed by atoms with E-state index < -0.39 is 0 Å². The molecule has 0 spiro atoms. The molecule has 0 bridgehead atoms. The van der Waals surface area contributed by atoms with Crippen LogP contribution in [0.1, 0.15) is 37.6 Å². The highest BCUT2D eigenvalue weighted by molar-refractivity contribution is 7.18. The SMILES string of the molecule is CC(C)c1nc2ccc(NC(=O)C3CCCNC3)cc2s1.Cl. The summed E-state index contributed by atoms with van der Waals surface area (Å²) in [4.78, 5) is 16.9. The van der Waals surface area contributed by atoms with E-state index in [1.54, 1.807) is 11.3 Å². The van der Waals surface area contributed by atoms with Crippen LogP contribution in [0.15, 0.2) is 18.2 Å². The van der Waals surface area contributed by atoms with E-state index >= 15 is 0 Å². The van der Waals surface area contributed by atoms with Crippen molar-refractivity contribution in [2.24, 2.45) is 5.92 Å². The first-order valence-corrected chi connectivity index (χ1v) is 8.37. The second kappa shape index (κ2) is 7.40. The molecule has 0 saturated carbocycles. The number of amides is 1. The number of hydrogen-bond donors (Lipinski definition) is 2. The summed E-state index contributed by atoms with van der Waals surface area (Å²) in [5, 5.41) is 7.46. The third kappa shape index (κ3) is 3.77. The molecule has 1 fully saturated rings. The van der Waals surface area contributed by atoms with Crippen molar-refractivity contribution in [1.82, 2.24) is 10.3 Å². The van der Waals surface area contributed by atoms with Gasteiger partial charge in [-0.3, -0.25) is 4.79 Å². The molecule has 2 heterocycles. The minimum atomic E-state index is 0. The van der Waals surface area contributed by atoms with Crippen LogP contribution in [0.3, 0.4) is 0 Å². The fourth-order valence-corrected chi connectivity index (χ4v) is 3.60. The predicted octanol–water partition coefficient (Wildman–Crippen LogP) is 3.78. The maximum absolute atomic E-state index is 12.3. The second-order valence-electron chi connectivity index (χ2n) is 5.92. The Bertz CT molecular complexity index is 650. The Kier molecular flexibility index (Phi) is 5.78. The van der Waals surface area contributed by atoms with Gasteiger partial charge in [-0.2, -0.15) is 0 Å². The van der Waals surface area contributed by atoms with Crippen molar-refractivity contribution in [2.45, 2.75) is 32.6 Å². The summed E-state index contributed by atoms with van der Waals surface area (Å²) in [5.41, 5.74) is 1.89. The van der Waals surface area contributed by atoms with Crippen molar-refractivity contribution < 1.29 is 4.79 Å². The fourth-order valence-electron chi connectivity index (χ4n) is 2.59. The number of nitrogens with one attached hydrogen (secondary N) is 2. The topological polar surface area (TPSA) is 54.0 Å². The Morgan fingerprint density at radius 1 is 1.45 bits per heavy atom. The summed E-state index contributed by atoms with van der Waals surface area (Å²) < 4.78 is 1.14. The van der Waals surface area contributed by atoms with E-state index in [4.69, 9.17) is 0 Å². The summed E-state index contributed by atoms with van der Waals surface area (Å²) in [6, 6.07) is 5.97. The lowest BCUT2D eigenvalue weighted by Gasteiger charge is -2.21. The third-order valence-corrected chi connectivity index (χ3v) is 5.15. The molecular weight excluding hydrogens is 318 g/mol. The van der Waals surface area contributed by atoms with Gasteiger partial charge in [0, 0.05) is 18.2 Å². The number of carbonyl (C=O) groups is 1. The Morgan fingerprint density at radius 3 is 2.95 bits per heavy atom. The normalized spacial score (nSPS) is 18.2. The molecule has 0 aliphatic carbocycles. The summed E-state index contributed by atoms with van der Waals surface area (Å²) in [6.07, 6.45) is 2.04. The maximum atomic E-state index is 12.3. The van der Waals surface area contributed by atoms with Gasteiger partial charge in [0.2, 0.25) is 5.91 Å². The number of thiazole rings is 1. The molecular formula is C16H22ClN3OS. The van der Waals surface area contributed by atoms with Gasteiger partial charge in [-0.15, -0.1) is 23.7 Å². The molecule has 1 aliphatic rings. The number of piperidine rings is 1. The molecule has 1 unspecified atom stereocenters. The van der Waals surface area contributed by atoms with Gasteiger partial charge in [0.1, 0.15) is 0 Å². The van der Waals surface area contributed by atoms with E-state index in [0.29, 0.717) is 5.92 Å². The molecule has 1 aromatic carbocycles. The summed E-state index contributed by atoms with van der Waals surface area (Å²) >= 11 is 1.71. The zero-order valence-corrected chi connectivity index (χ0v) is 14.5. The van der Waals surface area contributed by atoms with Gasteiger partial charge in [-0.1, -0.05) is 13.8 Å². The number of benzene rings is 1. The Hall–Kier alpha value is -1.17. The molecule has 1 saturated heterocycles. The number of aromatic nitrogens is 1. The lowest BCUT2D eigenvalue weighted by Crippen LogP contribution is -2.37. The molecule has 2 N–H and O–H groups in total. The second-order valence-corrected chi connectivity index (χ2v) is 6.98. The number of halogens is 1. The smallest absolute Gasteiger partial charge is 0.228 e. The van der Waals surface area contributed by atoms with Gasteiger partial charge in [0.05, 0.1) is 21.1 Å². The van der Waals surface area contributed by atoms with Crippen LogP contribution in [0.25, 0.3) is 10.2 Å². The molecule has 2 aromatic rings. The standard InChI is InChI=1S/C16H21N3OS.ClH/c1-10(2)16-19-13-6-5-12(8-14(13)21-16)18-15(20)11-4-3-7-17-9-11;/h5-6,8,10-11,17H,3-4,7,9H2,1-2H3,(H,18,20);1H. The molecule has 0 radical (unpaired) electrons. The Balaban J connectivity index is 0.00000176. The van der Waals surface area contributed by atoms with E-state index in [-0.39, 0.29) is 24.2 Å². The number of anilines is 1. The highest BCUT2D eigenvalue weighted by atomic mass is 35.5. The van der Waals surface area contributed by atoms with Crippen LogP contribution in [-0.2, 0) is 4.79 Å². The molecule has 1 aromatic heterocycles. The molecule has 1 atom stereocenters. The molecule has 22 heavy (non-hydrogen) atoms. The van der Waals surface area contributed by atoms with Crippen molar-refractivity contribution in [2.75, 3.05) is 18.4 Å². The zero-order chi connectivity index (χ0) is 14.8. The van der Waals surface area contributed by atoms with Crippen LogP contribution < -0.4 is 10.6 Å². The van der Waals surface area contributed by atoms with Crippen molar-refractivity contribution in [3.05, 3.63) is 23.2 Å². The lowest BCUT2D eigenvalue weighted by molar-refractivity contribution is -0.120. The van der Waals surface area contributed by atoms with Gasteiger partial charge in [-0.25, -0.2) is 4.98 Å². The first-order chi connectivity index (χ1) is 10.1. The Labute approximate surface area is 141 Å². The van der Waals surface area contributed by atoms with E-state index in [0.717, 1.165) is 46.8 Å². The minimum absolute atomic E-state index is 0. The summed E-state index contributed by atoms with van der Waals surface area (Å²) in [6.45, 7) is 6.10. The van der Waals surface area contributed by atoms with Crippen molar-refractivity contribution in [3.8, 4) is 0 Å². The van der Waals surface area contributed by atoms with Crippen LogP contribution in [0.5, 0.6) is 0 Å². The number of rotatable bonds is 3. The van der Waals surface area contributed by atoms with Gasteiger partial charge in [-0.05, 0) is 37.6 Å². The van der Waals surface area contributed by atoms with Gasteiger partial charge in [0.25, 0.3) is 0 Å². The maximum Gasteiger partial charge on any atom is 0.228 e. The van der Waals surface area contributed by atoms with Gasteiger partial charge in [0.15, 0.2) is 0 Å². The number of nitrogens with zero attached hydrogens (tertiary/aromatic N) is 1. The first kappa shape index (κ1) is 17.2. The predicted molar refractivity (Wildman–Crippen MR) is 95.2 cm³/mol. The molecule has 1 amide bonds. The van der Waals surface area contributed by atoms with Crippen LogP contribution in [0, 0.1) is 5.92 Å². The van der Waals surface area contributed by atoms with E-state index in [1.165, 1.54) is 0 Å². The van der Waals surface area contributed by atoms with Crippen LogP contribution in [0.4, 0.5) is 5.69 Å². The number of fused-ring (bicyclic) bond motifs is 1. The van der Waals surface area contributed by atoms with Crippen molar-refractivity contribution in [1.29, 1.82) is 0 Å². The monoisotopic (exact) mass is 339 g/mol. The zero-order valence-electron chi connectivity index (χ0n) is 12.9. The van der Waals surface area contributed by atoms with Crippen LogP contribution >= 0.6 is 23.7 Å². The van der Waals surface area contributed by atoms with E-state index in [9.17, 15) is 4.79 Å². The Morgan fingerprint density at radius 2 is 2.27 bits per heavy atom. The van der Waals surface area contributed by atoms with E-state index in [1.807, 2.05) is 18.2 Å². The van der Waals surface area contributed by atoms with Gasteiger partial charge >= 0.3 is 0 Å².